The number of hydrogen-bond donors (Lipinski definition) is 2. The van der Waals surface area contributed by atoms with Crippen LogP contribution >= 0.6 is 0 Å². The molecular formula is C40H42F6N6O5. The third kappa shape index (κ3) is 18.1. The van der Waals surface area contributed by atoms with Crippen molar-refractivity contribution in [3.05, 3.63) is 112 Å². The van der Waals surface area contributed by atoms with E-state index in [9.17, 15) is 31.2 Å². The van der Waals surface area contributed by atoms with E-state index < -0.39 is 63.7 Å². The van der Waals surface area contributed by atoms with Gasteiger partial charge in [-0.2, -0.15) is 24.4 Å². The summed E-state index contributed by atoms with van der Waals surface area (Å²) in [4.78, 5) is 18.9. The van der Waals surface area contributed by atoms with Crippen LogP contribution in [0.5, 0.6) is 11.5 Å². The zero-order chi connectivity index (χ0) is 42.8. The van der Waals surface area contributed by atoms with E-state index >= 15 is 0 Å². The van der Waals surface area contributed by atoms with Gasteiger partial charge in [-0.3, -0.25) is 4.79 Å². The zero-order valence-corrected chi connectivity index (χ0v) is 31.5. The maximum Gasteiger partial charge on any atom is 0.300 e. The first-order chi connectivity index (χ1) is 27.2. The van der Waals surface area contributed by atoms with Gasteiger partial charge in [-0.05, 0) is 66.5 Å². The summed E-state index contributed by atoms with van der Waals surface area (Å²) in [6.45, 7) is 5.45. The van der Waals surface area contributed by atoms with Crippen LogP contribution in [0.15, 0.2) is 76.1 Å². The zero-order valence-electron chi connectivity index (χ0n) is 31.5. The highest BCUT2D eigenvalue weighted by atomic mass is 19.2. The van der Waals surface area contributed by atoms with Gasteiger partial charge in [-0.1, -0.05) is 52.4 Å². The van der Waals surface area contributed by atoms with E-state index in [1.165, 1.54) is 36.4 Å². The van der Waals surface area contributed by atoms with E-state index in [2.05, 4.69) is 22.3 Å². The third-order valence-electron chi connectivity index (χ3n) is 7.10. The summed E-state index contributed by atoms with van der Waals surface area (Å²) >= 11 is 0. The molecule has 3 N–H and O–H groups in total. The van der Waals surface area contributed by atoms with Gasteiger partial charge in [0.05, 0.1) is 47.9 Å². The predicted octanol–water partition coefficient (Wildman–Crippen LogP) is 12.0. The Morgan fingerprint density at radius 2 is 1.09 bits per heavy atom. The molecule has 0 radical (unpaired) electrons. The summed E-state index contributed by atoms with van der Waals surface area (Å²) in [5, 5.41) is 34.4. The van der Waals surface area contributed by atoms with Crippen LogP contribution in [0.4, 0.5) is 49.1 Å². The summed E-state index contributed by atoms with van der Waals surface area (Å²) < 4.78 is 91.7. The number of nitroso groups, excluding NO2 is 1. The average Bonchev–Trinajstić information content (AvgIpc) is 3.20. The van der Waals surface area contributed by atoms with Crippen molar-refractivity contribution < 1.29 is 45.7 Å². The molecule has 4 aromatic rings. The topological polar surface area (TPSA) is 184 Å². The number of nitriles is 2. The van der Waals surface area contributed by atoms with Crippen molar-refractivity contribution in [2.45, 2.75) is 72.1 Å². The second kappa shape index (κ2) is 27.1. The van der Waals surface area contributed by atoms with Crippen LogP contribution in [0.25, 0.3) is 0 Å². The Balaban J connectivity index is 0.000000446. The van der Waals surface area contributed by atoms with E-state index in [1.54, 1.807) is 12.1 Å². The molecular weight excluding hydrogens is 758 g/mol. The van der Waals surface area contributed by atoms with E-state index in [4.69, 9.17) is 35.6 Å². The molecule has 0 aliphatic carbocycles. The second-order valence-corrected chi connectivity index (χ2v) is 11.7. The maximum absolute atomic E-state index is 14.1. The van der Waals surface area contributed by atoms with Gasteiger partial charge < -0.3 is 20.3 Å². The number of carboxylic acids is 1. The lowest BCUT2D eigenvalue weighted by molar-refractivity contribution is -0.134. The quantitative estimate of drug-likeness (QED) is 0.0297. The van der Waals surface area contributed by atoms with Crippen LogP contribution in [0.3, 0.4) is 0 Å². The molecule has 0 spiro atoms. The van der Waals surface area contributed by atoms with Gasteiger partial charge in [-0.25, -0.2) is 17.6 Å². The monoisotopic (exact) mass is 800 g/mol. The van der Waals surface area contributed by atoms with Crippen molar-refractivity contribution in [1.82, 2.24) is 0 Å². The fraction of sp³-hybridized carbons (Fsp3) is 0.325. The number of rotatable bonds is 15. The number of unbranched alkanes of at least 4 members (excludes halogenated alkanes) is 6. The molecule has 0 saturated carbocycles. The number of nitrogens with two attached hydrogens (primary N) is 1. The number of carboxylic acid groups (broad SMARTS) is 1. The number of nitrogen functional groups attached to an aromatic ring is 1. The lowest BCUT2D eigenvalue weighted by atomic mass is 10.2. The number of azo groups is 1. The lowest BCUT2D eigenvalue weighted by Gasteiger charge is -2.09. The minimum Gasteiger partial charge on any atom is -0.488 e. The van der Waals surface area contributed by atoms with Crippen LogP contribution < -0.4 is 15.2 Å². The van der Waals surface area contributed by atoms with Crippen molar-refractivity contribution in [3.63, 3.8) is 0 Å². The van der Waals surface area contributed by atoms with Crippen LogP contribution in [-0.2, 0) is 4.79 Å². The molecule has 11 nitrogen and oxygen atoms in total. The number of carbonyl (C=O) groups is 1. The Morgan fingerprint density at radius 1 is 0.667 bits per heavy atom. The fourth-order valence-corrected chi connectivity index (χ4v) is 4.22. The number of aliphatic carboxylic acids is 1. The minimum absolute atomic E-state index is 0.111. The van der Waals surface area contributed by atoms with Gasteiger partial charge in [0, 0.05) is 19.1 Å². The average molecular weight is 801 g/mol. The summed E-state index contributed by atoms with van der Waals surface area (Å²) in [6.07, 6.45) is 7.21. The standard InChI is InChI=1S/C19H18F3N3O.C12H16F3NO.C7H4N2O.C2H4O2/c1-2-3-4-5-10-26-19-15(20)11-16(17(21)18(19)22)25-24-14-8-6-13(12-23)7-9-14;1-2-3-4-5-6-17-12-8(13)7-9(16)10(14)11(12)15;8-5-6-1-3-7(9-10)4-2-6;1-2(3)4/h6-9,11H,2-5,10H2,1H3;7H,2-6,16H2,1H3;1-4H;1H3,(H,3,4). The number of anilines is 1. The number of halogens is 6. The molecule has 0 heterocycles. The smallest absolute Gasteiger partial charge is 0.300 e. The molecule has 0 bridgehead atoms. The van der Waals surface area contributed by atoms with Crippen molar-refractivity contribution >= 4 is 28.7 Å². The molecule has 4 rings (SSSR count). The highest BCUT2D eigenvalue weighted by Gasteiger charge is 2.21. The van der Waals surface area contributed by atoms with Crippen molar-refractivity contribution in [2.75, 3.05) is 18.9 Å². The third-order valence-corrected chi connectivity index (χ3v) is 7.10. The van der Waals surface area contributed by atoms with Crippen molar-refractivity contribution in [1.29, 1.82) is 10.5 Å². The van der Waals surface area contributed by atoms with Gasteiger partial charge in [0.15, 0.2) is 34.8 Å². The summed E-state index contributed by atoms with van der Waals surface area (Å²) in [5.41, 5.74) is 5.57. The number of ether oxygens (including phenoxy) is 2. The fourth-order valence-electron chi connectivity index (χ4n) is 4.22. The van der Waals surface area contributed by atoms with Crippen LogP contribution in [-0.4, -0.2) is 24.3 Å². The molecule has 17 heteroatoms. The SMILES string of the molecule is CC(=O)O.CCCCCCOc1c(F)cc(N)c(F)c1F.CCCCCCOc1c(F)cc(N=Nc2ccc(C#N)cc2)c(F)c1F.N#Cc1ccc(N=O)cc1. The molecule has 304 valence electrons. The van der Waals surface area contributed by atoms with Gasteiger partial charge >= 0.3 is 0 Å². The normalized spacial score (nSPS) is 10.0. The molecule has 57 heavy (non-hydrogen) atoms. The van der Waals surface area contributed by atoms with Gasteiger partial charge in [-0.15, -0.1) is 10.0 Å². The summed E-state index contributed by atoms with van der Waals surface area (Å²) in [7, 11) is 0. The van der Waals surface area contributed by atoms with Crippen molar-refractivity contribution in [2.24, 2.45) is 15.4 Å². The van der Waals surface area contributed by atoms with E-state index in [-0.39, 0.29) is 13.2 Å². The van der Waals surface area contributed by atoms with Crippen LogP contribution in [0, 0.1) is 62.5 Å². The Labute approximate surface area is 326 Å². The van der Waals surface area contributed by atoms with E-state index in [0.717, 1.165) is 57.6 Å². The highest BCUT2D eigenvalue weighted by Crippen LogP contribution is 2.32. The van der Waals surface area contributed by atoms with Gasteiger partial charge in [0.2, 0.25) is 11.6 Å². The molecule has 0 aromatic heterocycles. The van der Waals surface area contributed by atoms with Crippen LogP contribution in [0.2, 0.25) is 0 Å². The molecule has 0 unspecified atom stereocenters. The molecule has 4 aromatic carbocycles. The minimum atomic E-state index is -1.42. The molecule has 0 aliphatic rings. The number of benzene rings is 4. The second-order valence-electron chi connectivity index (χ2n) is 11.7. The Morgan fingerprint density at radius 3 is 1.51 bits per heavy atom. The number of nitrogens with zero attached hydrogens (tertiary/aromatic N) is 5. The molecule has 0 fully saturated rings. The van der Waals surface area contributed by atoms with Gasteiger partial charge in [0.25, 0.3) is 5.97 Å². The Hall–Kier alpha value is -6.49. The van der Waals surface area contributed by atoms with Gasteiger partial charge in [0.1, 0.15) is 11.4 Å². The Bertz CT molecular complexity index is 1980. The largest absolute Gasteiger partial charge is 0.488 e. The maximum atomic E-state index is 14.1. The molecule has 0 amide bonds. The van der Waals surface area contributed by atoms with Crippen LogP contribution in [0.1, 0.15) is 83.3 Å². The van der Waals surface area contributed by atoms with Crippen molar-refractivity contribution in [3.8, 4) is 23.6 Å². The lowest BCUT2D eigenvalue weighted by Crippen LogP contribution is -2.05. The first kappa shape index (κ1) is 48.5. The highest BCUT2D eigenvalue weighted by molar-refractivity contribution is 5.63. The first-order valence-electron chi connectivity index (χ1n) is 17.5. The van der Waals surface area contributed by atoms with E-state index in [0.29, 0.717) is 35.3 Å². The summed E-state index contributed by atoms with van der Waals surface area (Å²) in [6, 6.07) is 17.4. The number of hydrogen-bond acceptors (Lipinski definition) is 10. The summed E-state index contributed by atoms with van der Waals surface area (Å²) in [5.74, 6) is -9.65. The molecule has 0 atom stereocenters. The molecule has 0 aliphatic heterocycles. The predicted molar refractivity (Wildman–Crippen MR) is 202 cm³/mol. The molecule has 0 saturated heterocycles. The Kier molecular flexibility index (Phi) is 23.1. The first-order valence-corrected chi connectivity index (χ1v) is 17.5. The van der Waals surface area contributed by atoms with E-state index in [1.807, 2.05) is 19.1 Å².